The number of hydrogen-bond acceptors (Lipinski definition) is 3. The van der Waals surface area contributed by atoms with Crippen LogP contribution in [0.5, 0.6) is 0 Å². The van der Waals surface area contributed by atoms with Gasteiger partial charge in [-0.1, -0.05) is 12.1 Å². The van der Waals surface area contributed by atoms with Gasteiger partial charge >= 0.3 is 6.18 Å². The molecule has 2 heterocycles. The first-order valence-electron chi connectivity index (χ1n) is 8.63. The summed E-state index contributed by atoms with van der Waals surface area (Å²) < 4.78 is 37.9. The minimum Gasteiger partial charge on any atom is -0.354 e. The van der Waals surface area contributed by atoms with Gasteiger partial charge in [-0.05, 0) is 42.7 Å². The molecule has 132 valence electrons. The molecule has 1 aliphatic heterocycles. The van der Waals surface area contributed by atoms with Gasteiger partial charge < -0.3 is 4.90 Å². The Morgan fingerprint density at radius 1 is 0.840 bits per heavy atom. The fourth-order valence-corrected chi connectivity index (χ4v) is 3.35. The summed E-state index contributed by atoms with van der Waals surface area (Å²) in [5.41, 5.74) is 0.939. The third-order valence-electron chi connectivity index (χ3n) is 4.99. The monoisotopic (exact) mass is 347 g/mol. The van der Waals surface area contributed by atoms with Crippen molar-refractivity contribution < 1.29 is 13.2 Å². The second-order valence-electron chi connectivity index (χ2n) is 6.73. The van der Waals surface area contributed by atoms with Crippen LogP contribution < -0.4 is 4.90 Å². The number of pyridine rings is 1. The van der Waals surface area contributed by atoms with Crippen molar-refractivity contribution >= 4 is 5.82 Å². The van der Waals surface area contributed by atoms with E-state index in [2.05, 4.69) is 14.8 Å². The SMILES string of the molecule is FC(F)(F)c1ccc(-c2ccc(N3CCN(C4CC4)CC3)nc2)cc1. The minimum absolute atomic E-state index is 0.630. The summed E-state index contributed by atoms with van der Waals surface area (Å²) in [6.45, 7) is 4.10. The second kappa shape index (κ2) is 6.33. The first-order chi connectivity index (χ1) is 12.0. The maximum absolute atomic E-state index is 12.6. The summed E-state index contributed by atoms with van der Waals surface area (Å²) in [7, 11) is 0. The van der Waals surface area contributed by atoms with Crippen molar-refractivity contribution in [3.63, 3.8) is 0 Å². The summed E-state index contributed by atoms with van der Waals surface area (Å²) in [6.07, 6.45) is 0.106. The fraction of sp³-hybridized carbons (Fsp3) is 0.421. The number of anilines is 1. The molecule has 2 aliphatic rings. The number of nitrogens with zero attached hydrogens (tertiary/aromatic N) is 3. The zero-order valence-corrected chi connectivity index (χ0v) is 13.8. The Hall–Kier alpha value is -2.08. The van der Waals surface area contributed by atoms with Crippen LogP contribution in [-0.4, -0.2) is 42.1 Å². The van der Waals surface area contributed by atoms with E-state index in [4.69, 9.17) is 0 Å². The molecule has 0 radical (unpaired) electrons. The number of halogens is 3. The lowest BCUT2D eigenvalue weighted by molar-refractivity contribution is -0.137. The third kappa shape index (κ3) is 3.63. The summed E-state index contributed by atoms with van der Waals surface area (Å²) in [5.74, 6) is 0.936. The maximum atomic E-state index is 12.6. The van der Waals surface area contributed by atoms with E-state index in [1.54, 1.807) is 6.20 Å². The largest absolute Gasteiger partial charge is 0.416 e. The molecule has 0 unspecified atom stereocenters. The highest BCUT2D eigenvalue weighted by molar-refractivity contribution is 5.64. The Morgan fingerprint density at radius 3 is 2.00 bits per heavy atom. The predicted octanol–water partition coefficient (Wildman–Crippen LogP) is 4.05. The van der Waals surface area contributed by atoms with Gasteiger partial charge in [0.1, 0.15) is 5.82 Å². The zero-order valence-electron chi connectivity index (χ0n) is 13.8. The summed E-state index contributed by atoms with van der Waals surface area (Å²) in [6, 6.07) is 9.90. The number of piperazine rings is 1. The van der Waals surface area contributed by atoms with Crippen LogP contribution in [0.2, 0.25) is 0 Å². The second-order valence-corrected chi connectivity index (χ2v) is 6.73. The first kappa shape index (κ1) is 16.4. The first-order valence-corrected chi connectivity index (χ1v) is 8.63. The summed E-state index contributed by atoms with van der Waals surface area (Å²) >= 11 is 0. The standard InChI is InChI=1S/C19H20F3N3/c20-19(21,22)16-4-1-14(2-5-16)15-3-8-18(23-13-15)25-11-9-24(10-12-25)17-6-7-17/h1-5,8,13,17H,6-7,9-12H2. The van der Waals surface area contributed by atoms with Crippen LogP contribution in [0.3, 0.4) is 0 Å². The Balaban J connectivity index is 1.43. The van der Waals surface area contributed by atoms with Crippen molar-refractivity contribution in [2.24, 2.45) is 0 Å². The molecule has 6 heteroatoms. The van der Waals surface area contributed by atoms with Gasteiger partial charge in [0.05, 0.1) is 5.56 Å². The topological polar surface area (TPSA) is 19.4 Å². The molecular formula is C19H20F3N3. The van der Waals surface area contributed by atoms with E-state index in [1.165, 1.54) is 25.0 Å². The van der Waals surface area contributed by atoms with Gasteiger partial charge in [0.2, 0.25) is 0 Å². The van der Waals surface area contributed by atoms with Crippen molar-refractivity contribution in [2.45, 2.75) is 25.1 Å². The molecule has 1 saturated heterocycles. The molecule has 1 saturated carbocycles. The molecule has 1 aromatic carbocycles. The molecular weight excluding hydrogens is 327 g/mol. The number of alkyl halides is 3. The Morgan fingerprint density at radius 2 is 1.48 bits per heavy atom. The van der Waals surface area contributed by atoms with Crippen molar-refractivity contribution in [1.82, 2.24) is 9.88 Å². The number of aromatic nitrogens is 1. The fourth-order valence-electron chi connectivity index (χ4n) is 3.35. The van der Waals surface area contributed by atoms with E-state index < -0.39 is 11.7 Å². The van der Waals surface area contributed by atoms with Gasteiger partial charge in [0.25, 0.3) is 0 Å². The van der Waals surface area contributed by atoms with Gasteiger partial charge in [-0.15, -0.1) is 0 Å². The van der Waals surface area contributed by atoms with Crippen molar-refractivity contribution in [1.29, 1.82) is 0 Å². The Bertz CT molecular complexity index is 713. The van der Waals surface area contributed by atoms with Crippen molar-refractivity contribution in [3.8, 4) is 11.1 Å². The molecule has 0 N–H and O–H groups in total. The molecule has 2 fully saturated rings. The van der Waals surface area contributed by atoms with Gasteiger partial charge in [-0.2, -0.15) is 13.2 Å². The van der Waals surface area contributed by atoms with Crippen molar-refractivity contribution in [2.75, 3.05) is 31.1 Å². The zero-order chi connectivity index (χ0) is 17.4. The van der Waals surface area contributed by atoms with Crippen LogP contribution in [-0.2, 0) is 6.18 Å². The van der Waals surface area contributed by atoms with Crippen LogP contribution >= 0.6 is 0 Å². The Labute approximate surface area is 145 Å². The highest BCUT2D eigenvalue weighted by Gasteiger charge is 2.31. The molecule has 0 amide bonds. The average Bonchev–Trinajstić information content (AvgIpc) is 3.47. The van der Waals surface area contributed by atoms with Gasteiger partial charge in [0.15, 0.2) is 0 Å². The van der Waals surface area contributed by atoms with E-state index in [-0.39, 0.29) is 0 Å². The smallest absolute Gasteiger partial charge is 0.354 e. The molecule has 0 bridgehead atoms. The maximum Gasteiger partial charge on any atom is 0.416 e. The molecule has 4 rings (SSSR count). The molecule has 0 spiro atoms. The predicted molar refractivity (Wildman–Crippen MR) is 91.5 cm³/mol. The average molecular weight is 347 g/mol. The quantitative estimate of drug-likeness (QED) is 0.835. The highest BCUT2D eigenvalue weighted by atomic mass is 19.4. The highest BCUT2D eigenvalue weighted by Crippen LogP contribution is 2.31. The molecule has 1 aromatic heterocycles. The van der Waals surface area contributed by atoms with Gasteiger partial charge in [-0.25, -0.2) is 4.98 Å². The lowest BCUT2D eigenvalue weighted by Crippen LogP contribution is -2.47. The molecule has 2 aromatic rings. The number of rotatable bonds is 3. The van der Waals surface area contributed by atoms with E-state index >= 15 is 0 Å². The molecule has 25 heavy (non-hydrogen) atoms. The summed E-state index contributed by atoms with van der Waals surface area (Å²) in [4.78, 5) is 9.34. The number of benzene rings is 1. The Kier molecular flexibility index (Phi) is 4.15. The molecule has 1 aliphatic carbocycles. The van der Waals surface area contributed by atoms with E-state index in [9.17, 15) is 13.2 Å². The van der Waals surface area contributed by atoms with Gasteiger partial charge in [-0.3, -0.25) is 4.90 Å². The lowest BCUT2D eigenvalue weighted by atomic mass is 10.1. The third-order valence-corrected chi connectivity index (χ3v) is 4.99. The van der Waals surface area contributed by atoms with E-state index in [1.807, 2.05) is 12.1 Å². The molecule has 0 atom stereocenters. The van der Waals surface area contributed by atoms with Crippen LogP contribution in [0.25, 0.3) is 11.1 Å². The van der Waals surface area contributed by atoms with Crippen LogP contribution in [0, 0.1) is 0 Å². The van der Waals surface area contributed by atoms with Crippen LogP contribution in [0.4, 0.5) is 19.0 Å². The lowest BCUT2D eigenvalue weighted by Gasteiger charge is -2.35. The van der Waals surface area contributed by atoms with Gasteiger partial charge in [0, 0.05) is 44.0 Å². The number of hydrogen-bond donors (Lipinski definition) is 0. The van der Waals surface area contributed by atoms with Crippen LogP contribution in [0.1, 0.15) is 18.4 Å². The minimum atomic E-state index is -4.30. The summed E-state index contributed by atoms with van der Waals surface area (Å²) in [5, 5.41) is 0. The molecule has 3 nitrogen and oxygen atoms in total. The normalized spacial score (nSPS) is 19.2. The van der Waals surface area contributed by atoms with E-state index in [0.717, 1.165) is 61.3 Å². The van der Waals surface area contributed by atoms with Crippen molar-refractivity contribution in [3.05, 3.63) is 48.2 Å². The van der Waals surface area contributed by atoms with E-state index in [0.29, 0.717) is 0 Å². The van der Waals surface area contributed by atoms with Crippen LogP contribution in [0.15, 0.2) is 42.6 Å².